The third-order valence-electron chi connectivity index (χ3n) is 1.22. The Morgan fingerprint density at radius 1 is 1.23 bits per heavy atom. The van der Waals surface area contributed by atoms with E-state index < -0.39 is 6.36 Å². The van der Waals surface area contributed by atoms with Crippen LogP contribution in [-0.4, -0.2) is 6.36 Å². The van der Waals surface area contributed by atoms with Gasteiger partial charge in [-0.2, -0.15) is 0 Å². The minimum atomic E-state index is -4.77. The van der Waals surface area contributed by atoms with Crippen LogP contribution < -0.4 is 4.89 Å². The van der Waals surface area contributed by atoms with Gasteiger partial charge in [-0.3, -0.25) is 0 Å². The molecule has 0 N–H and O–H groups in total. The van der Waals surface area contributed by atoms with Crippen molar-refractivity contribution >= 4 is 0 Å². The predicted octanol–water partition coefficient (Wildman–Crippen LogP) is 2.83. The van der Waals surface area contributed by atoms with Crippen LogP contribution in [0.3, 0.4) is 0 Å². The van der Waals surface area contributed by atoms with E-state index in [2.05, 4.69) is 9.78 Å². The molecule has 0 fully saturated rings. The van der Waals surface area contributed by atoms with E-state index in [1.165, 1.54) is 12.1 Å². The highest BCUT2D eigenvalue weighted by Crippen LogP contribution is 2.20. The summed E-state index contributed by atoms with van der Waals surface area (Å²) in [5.41, 5.74) is 0.795. The Labute approximate surface area is 72.8 Å². The molecule has 0 aliphatic carbocycles. The van der Waals surface area contributed by atoms with Crippen molar-refractivity contribution in [1.82, 2.24) is 0 Å². The van der Waals surface area contributed by atoms with Crippen LogP contribution in [0, 0.1) is 6.92 Å². The molecule has 0 bridgehead atoms. The summed E-state index contributed by atoms with van der Waals surface area (Å²) in [5.74, 6) is 0.0253. The standard InChI is InChI=1S/C8H7F3O2/c1-6-3-2-4-7(5-6)12-13-8(9,10)11/h2-5H,1H3. The van der Waals surface area contributed by atoms with E-state index in [-0.39, 0.29) is 5.75 Å². The minimum absolute atomic E-state index is 0.0253. The van der Waals surface area contributed by atoms with Crippen LogP contribution in [0.5, 0.6) is 5.75 Å². The molecule has 1 rings (SSSR count). The van der Waals surface area contributed by atoms with Crippen molar-refractivity contribution in [2.24, 2.45) is 0 Å². The van der Waals surface area contributed by atoms with Gasteiger partial charge >= 0.3 is 6.36 Å². The average Bonchev–Trinajstić information content (AvgIpc) is 2.00. The van der Waals surface area contributed by atoms with Gasteiger partial charge in [0.05, 0.1) is 0 Å². The number of hydrogen-bond acceptors (Lipinski definition) is 2. The van der Waals surface area contributed by atoms with Gasteiger partial charge in [0.15, 0.2) is 5.75 Å². The van der Waals surface area contributed by atoms with E-state index in [9.17, 15) is 13.2 Å². The van der Waals surface area contributed by atoms with E-state index in [1.54, 1.807) is 19.1 Å². The monoisotopic (exact) mass is 192 g/mol. The summed E-state index contributed by atoms with van der Waals surface area (Å²) in [6, 6.07) is 6.12. The van der Waals surface area contributed by atoms with E-state index in [0.29, 0.717) is 0 Å². The third-order valence-corrected chi connectivity index (χ3v) is 1.22. The Balaban J connectivity index is 2.55. The van der Waals surface area contributed by atoms with E-state index in [4.69, 9.17) is 0 Å². The number of aryl methyl sites for hydroxylation is 1. The SMILES string of the molecule is Cc1cccc(OOC(F)(F)F)c1. The van der Waals surface area contributed by atoms with Gasteiger partial charge in [-0.1, -0.05) is 17.0 Å². The summed E-state index contributed by atoms with van der Waals surface area (Å²) < 4.78 is 34.5. The fourth-order valence-electron chi connectivity index (χ4n) is 0.763. The van der Waals surface area contributed by atoms with Crippen molar-refractivity contribution in [3.05, 3.63) is 29.8 Å². The zero-order chi connectivity index (χ0) is 9.90. The Kier molecular flexibility index (Phi) is 2.77. The fraction of sp³-hybridized carbons (Fsp3) is 0.250. The molecule has 0 spiro atoms. The Morgan fingerprint density at radius 3 is 2.46 bits per heavy atom. The first-order valence-electron chi connectivity index (χ1n) is 3.46. The van der Waals surface area contributed by atoms with Crippen molar-refractivity contribution in [3.8, 4) is 5.75 Å². The molecule has 0 atom stereocenters. The molecule has 0 aliphatic heterocycles. The van der Waals surface area contributed by atoms with E-state index >= 15 is 0 Å². The first-order chi connectivity index (χ1) is 5.97. The minimum Gasteiger partial charge on any atom is -0.329 e. The highest BCUT2D eigenvalue weighted by Gasteiger charge is 2.32. The Morgan fingerprint density at radius 2 is 1.92 bits per heavy atom. The molecule has 0 aromatic heterocycles. The van der Waals surface area contributed by atoms with Gasteiger partial charge in [-0.25, -0.2) is 0 Å². The van der Waals surface area contributed by atoms with Gasteiger partial charge in [0, 0.05) is 0 Å². The number of rotatable bonds is 2. The van der Waals surface area contributed by atoms with Crippen molar-refractivity contribution < 1.29 is 22.9 Å². The second kappa shape index (κ2) is 3.66. The number of benzene rings is 1. The second-order valence-electron chi connectivity index (χ2n) is 2.43. The third kappa shape index (κ3) is 3.80. The lowest BCUT2D eigenvalue weighted by molar-refractivity contribution is -0.444. The summed E-state index contributed by atoms with van der Waals surface area (Å²) in [4.78, 5) is 7.20. The first kappa shape index (κ1) is 9.85. The number of halogens is 3. The molecule has 0 aliphatic rings. The summed E-state index contributed by atoms with van der Waals surface area (Å²) in [6.45, 7) is 1.74. The normalized spacial score (nSPS) is 11.4. The number of hydrogen-bond donors (Lipinski definition) is 0. The molecule has 13 heavy (non-hydrogen) atoms. The van der Waals surface area contributed by atoms with Crippen LogP contribution in [0.2, 0.25) is 0 Å². The van der Waals surface area contributed by atoms with Crippen LogP contribution in [0.25, 0.3) is 0 Å². The molecule has 0 radical (unpaired) electrons. The van der Waals surface area contributed by atoms with Gasteiger partial charge in [0.25, 0.3) is 0 Å². The van der Waals surface area contributed by atoms with Crippen molar-refractivity contribution in [2.75, 3.05) is 0 Å². The summed E-state index contributed by atoms with van der Waals surface area (Å²) in [7, 11) is 0. The summed E-state index contributed by atoms with van der Waals surface area (Å²) in [6.07, 6.45) is -4.77. The maximum Gasteiger partial charge on any atom is 0.558 e. The second-order valence-corrected chi connectivity index (χ2v) is 2.43. The Bertz CT molecular complexity index is 283. The molecule has 1 aromatic carbocycles. The van der Waals surface area contributed by atoms with Gasteiger partial charge in [0.2, 0.25) is 0 Å². The zero-order valence-corrected chi connectivity index (χ0v) is 6.76. The molecule has 5 heteroatoms. The average molecular weight is 192 g/mol. The maximum absolute atomic E-state index is 11.5. The molecule has 0 unspecified atom stereocenters. The molecule has 0 heterocycles. The smallest absolute Gasteiger partial charge is 0.329 e. The molecule has 0 amide bonds. The molecule has 0 saturated heterocycles. The zero-order valence-electron chi connectivity index (χ0n) is 6.76. The van der Waals surface area contributed by atoms with Crippen molar-refractivity contribution in [1.29, 1.82) is 0 Å². The Hall–Kier alpha value is -1.23. The lowest BCUT2D eigenvalue weighted by Gasteiger charge is -2.06. The van der Waals surface area contributed by atoms with Gasteiger partial charge in [0.1, 0.15) is 0 Å². The van der Waals surface area contributed by atoms with E-state index in [0.717, 1.165) is 5.56 Å². The quantitative estimate of drug-likeness (QED) is 0.529. The van der Waals surface area contributed by atoms with Crippen LogP contribution in [0.1, 0.15) is 5.56 Å². The first-order valence-corrected chi connectivity index (χ1v) is 3.46. The van der Waals surface area contributed by atoms with E-state index in [1.807, 2.05) is 0 Å². The van der Waals surface area contributed by atoms with Crippen LogP contribution >= 0.6 is 0 Å². The molecular weight excluding hydrogens is 185 g/mol. The van der Waals surface area contributed by atoms with Gasteiger partial charge in [-0.15, -0.1) is 13.2 Å². The lowest BCUT2D eigenvalue weighted by atomic mass is 10.2. The summed E-state index contributed by atoms with van der Waals surface area (Å²) in [5, 5.41) is 0. The summed E-state index contributed by atoms with van der Waals surface area (Å²) >= 11 is 0. The van der Waals surface area contributed by atoms with Crippen LogP contribution in [0.15, 0.2) is 24.3 Å². The fourth-order valence-corrected chi connectivity index (χ4v) is 0.763. The molecular formula is C8H7F3O2. The molecule has 2 nitrogen and oxygen atoms in total. The topological polar surface area (TPSA) is 18.5 Å². The molecule has 1 aromatic rings. The lowest BCUT2D eigenvalue weighted by Crippen LogP contribution is -2.15. The van der Waals surface area contributed by atoms with Crippen LogP contribution in [-0.2, 0) is 4.89 Å². The highest BCUT2D eigenvalue weighted by atomic mass is 19.4. The van der Waals surface area contributed by atoms with Crippen LogP contribution in [0.4, 0.5) is 13.2 Å². The molecule has 72 valence electrons. The maximum atomic E-state index is 11.5. The highest BCUT2D eigenvalue weighted by molar-refractivity contribution is 5.26. The molecule has 0 saturated carbocycles. The predicted molar refractivity (Wildman–Crippen MR) is 38.9 cm³/mol. The van der Waals surface area contributed by atoms with Crippen molar-refractivity contribution in [2.45, 2.75) is 13.3 Å². The van der Waals surface area contributed by atoms with Gasteiger partial charge in [-0.05, 0) is 24.6 Å². The largest absolute Gasteiger partial charge is 0.558 e. The van der Waals surface area contributed by atoms with Crippen molar-refractivity contribution in [3.63, 3.8) is 0 Å². The van der Waals surface area contributed by atoms with Gasteiger partial charge < -0.3 is 4.89 Å². The number of alkyl halides is 3.